The van der Waals surface area contributed by atoms with Crippen molar-refractivity contribution in [2.24, 2.45) is 5.73 Å². The van der Waals surface area contributed by atoms with E-state index in [1.54, 1.807) is 25.3 Å². The van der Waals surface area contributed by atoms with Gasteiger partial charge in [-0.25, -0.2) is 4.98 Å². The highest BCUT2D eigenvalue weighted by molar-refractivity contribution is 6.00. The van der Waals surface area contributed by atoms with Crippen molar-refractivity contribution in [3.63, 3.8) is 0 Å². The van der Waals surface area contributed by atoms with Gasteiger partial charge in [-0.3, -0.25) is 9.59 Å². The Balaban J connectivity index is 2.08. The molecule has 26 heavy (non-hydrogen) atoms. The van der Waals surface area contributed by atoms with Gasteiger partial charge in [-0.05, 0) is 18.2 Å². The summed E-state index contributed by atoms with van der Waals surface area (Å²) in [4.78, 5) is 27.8. The van der Waals surface area contributed by atoms with E-state index in [2.05, 4.69) is 4.98 Å². The lowest BCUT2D eigenvalue weighted by Crippen LogP contribution is -2.21. The molecule has 3 aromatic rings. The molecule has 134 valence electrons. The first-order valence-electron chi connectivity index (χ1n) is 7.68. The third-order valence-corrected chi connectivity index (χ3v) is 4.07. The Kier molecular flexibility index (Phi) is 4.49. The number of aromatic hydroxyl groups is 1. The molecule has 8 nitrogen and oxygen atoms in total. The fourth-order valence-electron chi connectivity index (χ4n) is 2.71. The van der Waals surface area contributed by atoms with Crippen LogP contribution in [0.4, 0.5) is 0 Å². The molecule has 0 bridgehead atoms. The topological polar surface area (TPSA) is 117 Å². The van der Waals surface area contributed by atoms with Gasteiger partial charge in [0, 0.05) is 29.4 Å². The lowest BCUT2D eigenvalue weighted by atomic mass is 10.1. The van der Waals surface area contributed by atoms with Gasteiger partial charge >= 0.3 is 0 Å². The Bertz CT molecular complexity index is 1060. The molecule has 3 rings (SSSR count). The van der Waals surface area contributed by atoms with Crippen LogP contribution in [-0.4, -0.2) is 34.8 Å². The molecule has 1 aromatic carbocycles. The largest absolute Gasteiger partial charge is 0.505 e. The second-order valence-corrected chi connectivity index (χ2v) is 5.57. The van der Waals surface area contributed by atoms with Gasteiger partial charge in [0.1, 0.15) is 11.5 Å². The predicted molar refractivity (Wildman–Crippen MR) is 94.8 cm³/mol. The number of hydrogen-bond donors (Lipinski definition) is 2. The summed E-state index contributed by atoms with van der Waals surface area (Å²) in [5.74, 6) is -0.0382. The Hall–Kier alpha value is -3.55. The maximum Gasteiger partial charge on any atom is 0.271 e. The van der Waals surface area contributed by atoms with Gasteiger partial charge in [-0.2, -0.15) is 0 Å². The molecule has 0 spiro atoms. The van der Waals surface area contributed by atoms with E-state index in [4.69, 9.17) is 15.2 Å². The average Bonchev–Trinajstić information content (AvgIpc) is 2.64. The van der Waals surface area contributed by atoms with E-state index in [1.165, 1.54) is 30.1 Å². The summed E-state index contributed by atoms with van der Waals surface area (Å²) in [5, 5.41) is 10.5. The van der Waals surface area contributed by atoms with Crippen LogP contribution in [0.25, 0.3) is 10.8 Å². The van der Waals surface area contributed by atoms with E-state index in [0.29, 0.717) is 11.5 Å². The Morgan fingerprint density at radius 1 is 1.23 bits per heavy atom. The van der Waals surface area contributed by atoms with E-state index < -0.39 is 11.7 Å². The highest BCUT2D eigenvalue weighted by Crippen LogP contribution is 2.27. The number of benzene rings is 1. The zero-order valence-corrected chi connectivity index (χ0v) is 14.2. The molecule has 0 aliphatic carbocycles. The number of methoxy groups -OCH3 is 2. The minimum absolute atomic E-state index is 0.183. The van der Waals surface area contributed by atoms with Crippen molar-refractivity contribution in [2.75, 3.05) is 14.2 Å². The Labute approximate surface area is 148 Å². The number of aromatic nitrogens is 2. The molecule has 0 radical (unpaired) electrons. The van der Waals surface area contributed by atoms with Crippen molar-refractivity contribution in [3.05, 3.63) is 58.3 Å². The van der Waals surface area contributed by atoms with Crippen LogP contribution in [0.5, 0.6) is 17.2 Å². The molecular weight excluding hydrogens is 338 g/mol. The Morgan fingerprint density at radius 2 is 2.00 bits per heavy atom. The third kappa shape index (κ3) is 2.92. The third-order valence-electron chi connectivity index (χ3n) is 4.07. The number of pyridine rings is 2. The summed E-state index contributed by atoms with van der Waals surface area (Å²) < 4.78 is 12.0. The molecule has 0 saturated carbocycles. The average molecular weight is 355 g/mol. The number of nitrogens with zero attached hydrogens (tertiary/aromatic N) is 2. The highest BCUT2D eigenvalue weighted by Gasteiger charge is 2.16. The van der Waals surface area contributed by atoms with E-state index in [0.717, 1.165) is 5.56 Å². The van der Waals surface area contributed by atoms with Crippen molar-refractivity contribution in [1.82, 2.24) is 9.55 Å². The predicted octanol–water partition coefficient (Wildman–Crippen LogP) is 1.27. The summed E-state index contributed by atoms with van der Waals surface area (Å²) in [7, 11) is 3.09. The first-order chi connectivity index (χ1) is 12.5. The van der Waals surface area contributed by atoms with Gasteiger partial charge in [0.15, 0.2) is 11.4 Å². The molecule has 8 heteroatoms. The van der Waals surface area contributed by atoms with E-state index in [-0.39, 0.29) is 28.6 Å². The van der Waals surface area contributed by atoms with Crippen molar-refractivity contribution in [2.45, 2.75) is 6.54 Å². The van der Waals surface area contributed by atoms with E-state index >= 15 is 0 Å². The molecule has 2 aromatic heterocycles. The number of primary amides is 1. The SMILES string of the molecule is COc1ccc(Cn2ccc3c(O)c(C(N)=O)ncc3c2=O)c(OC)c1. The van der Waals surface area contributed by atoms with Crippen LogP contribution in [0.2, 0.25) is 0 Å². The smallest absolute Gasteiger partial charge is 0.271 e. The minimum Gasteiger partial charge on any atom is -0.505 e. The van der Waals surface area contributed by atoms with Crippen LogP contribution in [0.1, 0.15) is 16.1 Å². The van der Waals surface area contributed by atoms with Gasteiger partial charge in [0.2, 0.25) is 0 Å². The molecule has 0 fully saturated rings. The van der Waals surface area contributed by atoms with Gasteiger partial charge in [-0.15, -0.1) is 0 Å². The van der Waals surface area contributed by atoms with Crippen LogP contribution in [0, 0.1) is 0 Å². The number of carbonyl (C=O) groups excluding carboxylic acids is 1. The van der Waals surface area contributed by atoms with Crippen LogP contribution >= 0.6 is 0 Å². The monoisotopic (exact) mass is 355 g/mol. The molecule has 0 unspecified atom stereocenters. The second kappa shape index (κ2) is 6.75. The Morgan fingerprint density at radius 3 is 2.65 bits per heavy atom. The van der Waals surface area contributed by atoms with E-state index in [1.807, 2.05) is 0 Å². The van der Waals surface area contributed by atoms with Crippen LogP contribution in [0.15, 0.2) is 41.5 Å². The van der Waals surface area contributed by atoms with Crippen LogP contribution in [0.3, 0.4) is 0 Å². The molecule has 0 aliphatic heterocycles. The molecule has 0 atom stereocenters. The molecule has 0 saturated heterocycles. The number of hydrogen-bond acceptors (Lipinski definition) is 6. The van der Waals surface area contributed by atoms with Crippen molar-refractivity contribution >= 4 is 16.7 Å². The summed E-state index contributed by atoms with van der Waals surface area (Å²) in [6.45, 7) is 0.250. The zero-order chi connectivity index (χ0) is 18.8. The molecule has 2 heterocycles. The second-order valence-electron chi connectivity index (χ2n) is 5.57. The number of amides is 1. The normalized spacial score (nSPS) is 10.7. The minimum atomic E-state index is -0.864. The molecule has 0 aliphatic rings. The zero-order valence-electron chi connectivity index (χ0n) is 14.2. The number of rotatable bonds is 5. The summed E-state index contributed by atoms with van der Waals surface area (Å²) in [6, 6.07) is 6.85. The number of ether oxygens (including phenoxy) is 2. The molecular formula is C18H17N3O5. The standard InChI is InChI=1S/C18H17N3O5/c1-25-11-4-3-10(14(7-11)26-2)9-21-6-5-12-13(18(21)24)8-20-15(16(12)22)17(19)23/h3-8,22H,9H2,1-2H3,(H2,19,23). The van der Waals surface area contributed by atoms with Crippen LogP contribution < -0.4 is 20.8 Å². The number of fused-ring (bicyclic) bond motifs is 1. The van der Waals surface area contributed by atoms with Crippen LogP contribution in [-0.2, 0) is 6.54 Å². The summed E-state index contributed by atoms with van der Waals surface area (Å²) in [6.07, 6.45) is 2.76. The van der Waals surface area contributed by atoms with Crippen molar-refractivity contribution in [3.8, 4) is 17.2 Å². The quantitative estimate of drug-likeness (QED) is 0.712. The number of carbonyl (C=O) groups is 1. The summed E-state index contributed by atoms with van der Waals surface area (Å²) >= 11 is 0. The van der Waals surface area contributed by atoms with Gasteiger partial charge < -0.3 is 24.9 Å². The molecule has 1 amide bonds. The first kappa shape index (κ1) is 17.3. The van der Waals surface area contributed by atoms with Gasteiger partial charge in [-0.1, -0.05) is 0 Å². The maximum absolute atomic E-state index is 12.7. The maximum atomic E-state index is 12.7. The highest BCUT2D eigenvalue weighted by atomic mass is 16.5. The molecule has 3 N–H and O–H groups in total. The first-order valence-corrected chi connectivity index (χ1v) is 7.68. The number of nitrogens with two attached hydrogens (primary N) is 1. The fourth-order valence-corrected chi connectivity index (χ4v) is 2.71. The lowest BCUT2D eigenvalue weighted by molar-refractivity contribution is 0.0993. The van der Waals surface area contributed by atoms with E-state index in [9.17, 15) is 14.7 Å². The van der Waals surface area contributed by atoms with Gasteiger partial charge in [0.25, 0.3) is 11.5 Å². The lowest BCUT2D eigenvalue weighted by Gasteiger charge is -2.13. The fraction of sp³-hybridized carbons (Fsp3) is 0.167. The van der Waals surface area contributed by atoms with Crippen molar-refractivity contribution < 1.29 is 19.4 Å². The summed E-state index contributed by atoms with van der Waals surface area (Å²) in [5.41, 5.74) is 5.31. The van der Waals surface area contributed by atoms with Crippen molar-refractivity contribution in [1.29, 1.82) is 0 Å². The van der Waals surface area contributed by atoms with Gasteiger partial charge in [0.05, 0.1) is 26.2 Å².